The molecule has 0 spiro atoms. The Kier molecular flexibility index (Phi) is 1.56. The third kappa shape index (κ3) is 1.11. The maximum atomic E-state index is 5.97. The van der Waals surface area contributed by atoms with E-state index in [9.17, 15) is 0 Å². The third-order valence-corrected chi connectivity index (χ3v) is 2.53. The number of rotatable bonds is 0. The number of fused-ring (bicyclic) bond motifs is 2. The molecule has 0 unspecified atom stereocenters. The Balaban J connectivity index is 2.51. The molecule has 0 saturated carbocycles. The number of hydrogen-bond donors (Lipinski definition) is 2. The molecule has 15 heavy (non-hydrogen) atoms. The van der Waals surface area contributed by atoms with Gasteiger partial charge in [-0.3, -0.25) is 0 Å². The molecular formula is C11H10N4. The average Bonchev–Trinajstić information content (AvgIpc) is 2.69. The molecule has 74 valence electrons. The first kappa shape index (κ1) is 8.11. The van der Waals surface area contributed by atoms with E-state index in [0.29, 0.717) is 0 Å². The zero-order chi connectivity index (χ0) is 10.3. The summed E-state index contributed by atoms with van der Waals surface area (Å²) in [6.07, 6.45) is 5.53. The zero-order valence-corrected chi connectivity index (χ0v) is 8.01. The zero-order valence-electron chi connectivity index (χ0n) is 8.01. The standard InChI is InChI=1S/C11H10N4/c12-10-5-6-15-11(7-13-14-15)9-4-2-1-3-8(9)10/h1-7,14H,12H2. The molecule has 2 heterocycles. The van der Waals surface area contributed by atoms with Crippen molar-refractivity contribution < 1.29 is 0 Å². The first-order valence-corrected chi connectivity index (χ1v) is 4.71. The van der Waals surface area contributed by atoms with Crippen LogP contribution in [0.15, 0.2) is 41.6 Å². The van der Waals surface area contributed by atoms with E-state index in [1.54, 1.807) is 6.21 Å². The number of benzene rings is 1. The summed E-state index contributed by atoms with van der Waals surface area (Å²) < 4.78 is 0. The Morgan fingerprint density at radius 1 is 1.20 bits per heavy atom. The molecular weight excluding hydrogens is 188 g/mol. The van der Waals surface area contributed by atoms with Crippen LogP contribution in [0.25, 0.3) is 11.4 Å². The van der Waals surface area contributed by atoms with Crippen molar-refractivity contribution in [2.24, 2.45) is 10.8 Å². The van der Waals surface area contributed by atoms with Gasteiger partial charge in [0.05, 0.1) is 11.9 Å². The van der Waals surface area contributed by atoms with E-state index in [1.165, 1.54) is 0 Å². The van der Waals surface area contributed by atoms with E-state index in [1.807, 2.05) is 41.6 Å². The van der Waals surface area contributed by atoms with Crippen LogP contribution in [-0.4, -0.2) is 11.2 Å². The molecule has 1 aromatic carbocycles. The topological polar surface area (TPSA) is 53.6 Å². The maximum Gasteiger partial charge on any atom is 0.0919 e. The molecule has 3 rings (SSSR count). The second-order valence-corrected chi connectivity index (χ2v) is 3.43. The van der Waals surface area contributed by atoms with E-state index in [-0.39, 0.29) is 0 Å². The predicted molar refractivity (Wildman–Crippen MR) is 59.3 cm³/mol. The van der Waals surface area contributed by atoms with Gasteiger partial charge in [-0.15, -0.1) is 0 Å². The van der Waals surface area contributed by atoms with E-state index >= 15 is 0 Å². The molecule has 0 aromatic heterocycles. The van der Waals surface area contributed by atoms with Crippen molar-refractivity contribution in [1.82, 2.24) is 10.5 Å². The summed E-state index contributed by atoms with van der Waals surface area (Å²) in [5, 5.41) is 7.99. The quantitative estimate of drug-likeness (QED) is 0.573. The van der Waals surface area contributed by atoms with Crippen LogP contribution in [0.2, 0.25) is 0 Å². The fraction of sp³-hybridized carbons (Fsp3) is 0. The van der Waals surface area contributed by atoms with Crippen LogP contribution in [0, 0.1) is 0 Å². The molecule has 2 aliphatic rings. The highest BCUT2D eigenvalue weighted by Gasteiger charge is 2.13. The smallest absolute Gasteiger partial charge is 0.0919 e. The molecule has 0 aliphatic carbocycles. The van der Waals surface area contributed by atoms with Gasteiger partial charge in [0.2, 0.25) is 0 Å². The van der Waals surface area contributed by atoms with Gasteiger partial charge in [0.25, 0.3) is 0 Å². The highest BCUT2D eigenvalue weighted by Crippen LogP contribution is 2.06. The molecule has 0 bridgehead atoms. The molecule has 4 nitrogen and oxygen atoms in total. The summed E-state index contributed by atoms with van der Waals surface area (Å²) in [5.41, 5.74) is 10.6. The Hall–Kier alpha value is -2.23. The van der Waals surface area contributed by atoms with Crippen LogP contribution in [0.5, 0.6) is 0 Å². The minimum absolute atomic E-state index is 0.766. The summed E-state index contributed by atoms with van der Waals surface area (Å²) in [6.45, 7) is 0. The summed E-state index contributed by atoms with van der Waals surface area (Å²) in [5.74, 6) is 0. The second kappa shape index (κ2) is 2.88. The van der Waals surface area contributed by atoms with Crippen molar-refractivity contribution in [3.05, 3.63) is 47.0 Å². The summed E-state index contributed by atoms with van der Waals surface area (Å²) in [6, 6.07) is 8.03. The van der Waals surface area contributed by atoms with Crippen molar-refractivity contribution in [2.45, 2.75) is 0 Å². The lowest BCUT2D eigenvalue weighted by molar-refractivity contribution is 0.424. The first-order chi connectivity index (χ1) is 7.36. The van der Waals surface area contributed by atoms with E-state index < -0.39 is 0 Å². The Labute approximate surface area is 86.7 Å². The first-order valence-electron chi connectivity index (χ1n) is 4.71. The van der Waals surface area contributed by atoms with Gasteiger partial charge in [0.1, 0.15) is 0 Å². The van der Waals surface area contributed by atoms with Gasteiger partial charge in [0, 0.05) is 22.3 Å². The van der Waals surface area contributed by atoms with Crippen LogP contribution < -0.4 is 21.7 Å². The van der Waals surface area contributed by atoms with Gasteiger partial charge in [-0.05, 0) is 6.08 Å². The van der Waals surface area contributed by atoms with Gasteiger partial charge in [0.15, 0.2) is 0 Å². The van der Waals surface area contributed by atoms with Crippen molar-refractivity contribution in [3.63, 3.8) is 0 Å². The summed E-state index contributed by atoms with van der Waals surface area (Å²) in [7, 11) is 0. The van der Waals surface area contributed by atoms with Crippen molar-refractivity contribution in [1.29, 1.82) is 0 Å². The van der Waals surface area contributed by atoms with Crippen molar-refractivity contribution in [2.75, 3.05) is 0 Å². The van der Waals surface area contributed by atoms with Crippen molar-refractivity contribution in [3.8, 4) is 0 Å². The molecule has 0 amide bonds. The van der Waals surface area contributed by atoms with Crippen LogP contribution in [0.1, 0.15) is 0 Å². The average molecular weight is 198 g/mol. The number of hydrazone groups is 1. The minimum Gasteiger partial charge on any atom is -0.398 e. The van der Waals surface area contributed by atoms with Gasteiger partial charge >= 0.3 is 0 Å². The Bertz CT molecular complexity index is 583. The molecule has 4 heteroatoms. The van der Waals surface area contributed by atoms with Crippen molar-refractivity contribution >= 4 is 17.6 Å². The highest BCUT2D eigenvalue weighted by atomic mass is 15.7. The Morgan fingerprint density at radius 2 is 2.00 bits per heavy atom. The van der Waals surface area contributed by atoms with Crippen LogP contribution in [0.4, 0.5) is 0 Å². The Morgan fingerprint density at radius 3 is 2.87 bits per heavy atom. The van der Waals surface area contributed by atoms with E-state index in [4.69, 9.17) is 5.73 Å². The van der Waals surface area contributed by atoms with E-state index in [0.717, 1.165) is 21.8 Å². The number of hydrazine groups is 1. The van der Waals surface area contributed by atoms with Gasteiger partial charge < -0.3 is 5.73 Å². The molecule has 2 aliphatic heterocycles. The predicted octanol–water partition coefficient (Wildman–Crippen LogP) is -0.805. The summed E-state index contributed by atoms with van der Waals surface area (Å²) >= 11 is 0. The summed E-state index contributed by atoms with van der Waals surface area (Å²) in [4.78, 5) is 0. The number of hydrogen-bond acceptors (Lipinski definition) is 4. The van der Waals surface area contributed by atoms with Crippen LogP contribution in [0.3, 0.4) is 0 Å². The molecule has 1 aromatic rings. The van der Waals surface area contributed by atoms with Crippen LogP contribution in [-0.2, 0) is 0 Å². The maximum absolute atomic E-state index is 5.97. The monoisotopic (exact) mass is 198 g/mol. The van der Waals surface area contributed by atoms with E-state index in [2.05, 4.69) is 10.6 Å². The normalized spacial score (nSPS) is 17.2. The molecule has 0 fully saturated rings. The van der Waals surface area contributed by atoms with Crippen LogP contribution >= 0.6 is 0 Å². The van der Waals surface area contributed by atoms with Gasteiger partial charge in [-0.25, -0.2) is 10.5 Å². The molecule has 0 atom stereocenters. The molecule has 0 saturated heterocycles. The second-order valence-electron chi connectivity index (χ2n) is 3.43. The SMILES string of the molecule is NC1=c2ccccc2=C2C=NNN2C=C1. The lowest BCUT2D eigenvalue weighted by atomic mass is 10.2. The third-order valence-electron chi connectivity index (χ3n) is 2.53. The molecule has 0 radical (unpaired) electrons. The fourth-order valence-corrected chi connectivity index (χ4v) is 1.78. The highest BCUT2D eigenvalue weighted by molar-refractivity contribution is 6.02. The lowest BCUT2D eigenvalue weighted by Crippen LogP contribution is -2.34. The number of nitrogens with two attached hydrogens (primary N) is 1. The largest absolute Gasteiger partial charge is 0.398 e. The lowest BCUT2D eigenvalue weighted by Gasteiger charge is -2.11. The van der Waals surface area contributed by atoms with Gasteiger partial charge in [-0.2, -0.15) is 5.10 Å². The number of nitrogens with one attached hydrogen (secondary N) is 1. The molecule has 3 N–H and O–H groups in total. The van der Waals surface area contributed by atoms with Gasteiger partial charge in [-0.1, -0.05) is 24.3 Å². The minimum atomic E-state index is 0.766. The fourth-order valence-electron chi connectivity index (χ4n) is 1.78. The number of nitrogens with zero attached hydrogens (tertiary/aromatic N) is 2.